The summed E-state index contributed by atoms with van der Waals surface area (Å²) in [5.41, 5.74) is 2.34. The van der Waals surface area contributed by atoms with Crippen molar-refractivity contribution >= 4 is 29.3 Å². The Hall–Kier alpha value is -2.35. The van der Waals surface area contributed by atoms with Crippen LogP contribution in [0.1, 0.15) is 28.4 Å². The summed E-state index contributed by atoms with van der Waals surface area (Å²) in [5.74, 6) is 0.599. The average molecular weight is 412 g/mol. The Morgan fingerprint density at radius 3 is 2.76 bits per heavy atom. The summed E-state index contributed by atoms with van der Waals surface area (Å²) in [7, 11) is 0. The summed E-state index contributed by atoms with van der Waals surface area (Å²) in [6.07, 6.45) is 0.483. The number of thioether (sulfide) groups is 1. The van der Waals surface area contributed by atoms with Crippen LogP contribution in [0.15, 0.2) is 53.4 Å². The molecule has 2 aromatic carbocycles. The van der Waals surface area contributed by atoms with E-state index in [2.05, 4.69) is 15.5 Å². The number of amides is 2. The second-order valence-electron chi connectivity index (χ2n) is 7.21. The maximum absolute atomic E-state index is 13.0. The average Bonchev–Trinajstić information content (AvgIpc) is 2.94. The molecule has 2 aliphatic rings. The normalized spacial score (nSPS) is 18.3. The number of nitrogens with one attached hydrogen (secondary N) is 2. The minimum atomic E-state index is -0.140. The third-order valence-electron chi connectivity index (χ3n) is 5.15. The predicted octanol–water partition coefficient (Wildman–Crippen LogP) is 2.92. The van der Waals surface area contributed by atoms with E-state index in [1.54, 1.807) is 17.8 Å². The van der Waals surface area contributed by atoms with Gasteiger partial charge in [0.05, 0.1) is 24.9 Å². The Kier molecular flexibility index (Phi) is 6.49. The molecular weight excluding hydrogens is 386 g/mol. The number of carbonyl (C=O) groups excluding carboxylic acids is 2. The van der Waals surface area contributed by atoms with Crippen LogP contribution < -0.4 is 10.6 Å². The minimum absolute atomic E-state index is 0.0108. The van der Waals surface area contributed by atoms with Gasteiger partial charge in [-0.2, -0.15) is 0 Å². The highest BCUT2D eigenvalue weighted by Gasteiger charge is 2.22. The molecule has 2 heterocycles. The first kappa shape index (κ1) is 19.9. The van der Waals surface area contributed by atoms with Crippen molar-refractivity contribution < 1.29 is 14.3 Å². The van der Waals surface area contributed by atoms with Gasteiger partial charge >= 0.3 is 0 Å². The summed E-state index contributed by atoms with van der Waals surface area (Å²) in [5, 5.41) is 6.10. The molecule has 29 heavy (non-hydrogen) atoms. The molecule has 6 nitrogen and oxygen atoms in total. The van der Waals surface area contributed by atoms with Crippen LogP contribution in [0.2, 0.25) is 0 Å². The summed E-state index contributed by atoms with van der Waals surface area (Å²) >= 11 is 1.63. The van der Waals surface area contributed by atoms with Crippen LogP contribution in [0.25, 0.3) is 0 Å². The Morgan fingerprint density at radius 1 is 1.17 bits per heavy atom. The summed E-state index contributed by atoms with van der Waals surface area (Å²) in [6.45, 7) is 3.90. The zero-order valence-electron chi connectivity index (χ0n) is 16.2. The molecule has 2 N–H and O–H groups in total. The number of carbonyl (C=O) groups is 2. The van der Waals surface area contributed by atoms with E-state index in [0.29, 0.717) is 12.0 Å². The highest BCUT2D eigenvalue weighted by Crippen LogP contribution is 2.31. The molecule has 2 aromatic rings. The largest absolute Gasteiger partial charge is 0.379 e. The number of benzene rings is 2. The molecule has 0 radical (unpaired) electrons. The summed E-state index contributed by atoms with van der Waals surface area (Å²) in [6, 6.07) is 15.4. The van der Waals surface area contributed by atoms with Crippen molar-refractivity contribution in [1.82, 2.24) is 10.2 Å². The molecule has 0 aromatic heterocycles. The standard InChI is InChI=1S/C22H25N3O3S/c26-21-8-13-29-20-7-6-17(14-18(20)23-21)22(27)24-19(16-4-2-1-3-5-16)15-25-9-11-28-12-10-25/h1-7,14,19H,8-13,15H2,(H,23,26)(H,24,27). The number of hydrogen-bond acceptors (Lipinski definition) is 5. The van der Waals surface area contributed by atoms with E-state index in [9.17, 15) is 9.59 Å². The molecule has 0 aliphatic carbocycles. The zero-order chi connectivity index (χ0) is 20.1. The van der Waals surface area contributed by atoms with Crippen LogP contribution in [-0.4, -0.2) is 55.3 Å². The molecule has 0 saturated carbocycles. The Bertz CT molecular complexity index is 869. The lowest BCUT2D eigenvalue weighted by Crippen LogP contribution is -2.43. The van der Waals surface area contributed by atoms with Crippen LogP contribution in [0.5, 0.6) is 0 Å². The fraction of sp³-hybridized carbons (Fsp3) is 0.364. The van der Waals surface area contributed by atoms with E-state index in [1.165, 1.54) is 0 Å². The number of fused-ring (bicyclic) bond motifs is 1. The summed E-state index contributed by atoms with van der Waals surface area (Å²) < 4.78 is 5.44. The van der Waals surface area contributed by atoms with Gasteiger partial charge < -0.3 is 15.4 Å². The lowest BCUT2D eigenvalue weighted by Gasteiger charge is -2.31. The van der Waals surface area contributed by atoms with Gasteiger partial charge in [-0.3, -0.25) is 14.5 Å². The fourth-order valence-corrected chi connectivity index (χ4v) is 4.50. The van der Waals surface area contributed by atoms with Gasteiger partial charge in [0.2, 0.25) is 5.91 Å². The van der Waals surface area contributed by atoms with Gasteiger partial charge in [0.1, 0.15) is 0 Å². The van der Waals surface area contributed by atoms with Gasteiger partial charge in [-0.25, -0.2) is 0 Å². The molecule has 152 valence electrons. The molecule has 2 aliphatic heterocycles. The van der Waals surface area contributed by atoms with Gasteiger partial charge in [-0.15, -0.1) is 11.8 Å². The first-order chi connectivity index (χ1) is 14.2. The van der Waals surface area contributed by atoms with Crippen molar-refractivity contribution in [3.8, 4) is 0 Å². The molecule has 1 unspecified atom stereocenters. The Labute approximate surface area is 175 Å². The van der Waals surface area contributed by atoms with Gasteiger partial charge in [0, 0.05) is 42.3 Å². The SMILES string of the molecule is O=C1CCSc2ccc(C(=O)NC(CN3CCOCC3)c3ccccc3)cc2N1. The smallest absolute Gasteiger partial charge is 0.251 e. The highest BCUT2D eigenvalue weighted by atomic mass is 32.2. The molecule has 1 fully saturated rings. The number of hydrogen-bond donors (Lipinski definition) is 2. The van der Waals surface area contributed by atoms with Crippen LogP contribution in [0.3, 0.4) is 0 Å². The van der Waals surface area contributed by atoms with E-state index in [0.717, 1.165) is 54.7 Å². The Balaban J connectivity index is 1.52. The quantitative estimate of drug-likeness (QED) is 0.792. The van der Waals surface area contributed by atoms with Crippen LogP contribution in [0.4, 0.5) is 5.69 Å². The topological polar surface area (TPSA) is 70.7 Å². The third kappa shape index (κ3) is 5.18. The molecule has 1 atom stereocenters. The maximum atomic E-state index is 13.0. The highest BCUT2D eigenvalue weighted by molar-refractivity contribution is 7.99. The van der Waals surface area contributed by atoms with Gasteiger partial charge in [0.15, 0.2) is 0 Å². The Morgan fingerprint density at radius 2 is 1.97 bits per heavy atom. The predicted molar refractivity (Wildman–Crippen MR) is 114 cm³/mol. The number of morpholine rings is 1. The zero-order valence-corrected chi connectivity index (χ0v) is 17.0. The van der Waals surface area contributed by atoms with Crippen molar-refractivity contribution in [2.75, 3.05) is 43.9 Å². The maximum Gasteiger partial charge on any atom is 0.251 e. The van der Waals surface area contributed by atoms with Crippen molar-refractivity contribution in [2.24, 2.45) is 0 Å². The third-order valence-corrected chi connectivity index (χ3v) is 6.23. The second-order valence-corrected chi connectivity index (χ2v) is 8.34. The van der Waals surface area contributed by atoms with Gasteiger partial charge in [0.25, 0.3) is 5.91 Å². The van der Waals surface area contributed by atoms with Crippen LogP contribution in [-0.2, 0) is 9.53 Å². The first-order valence-electron chi connectivity index (χ1n) is 9.91. The lowest BCUT2D eigenvalue weighted by molar-refractivity contribution is -0.115. The molecule has 7 heteroatoms. The monoisotopic (exact) mass is 411 g/mol. The van der Waals surface area contributed by atoms with Gasteiger partial charge in [-0.05, 0) is 23.8 Å². The van der Waals surface area contributed by atoms with Crippen molar-refractivity contribution in [1.29, 1.82) is 0 Å². The van der Waals surface area contributed by atoms with Crippen molar-refractivity contribution in [3.05, 3.63) is 59.7 Å². The van der Waals surface area contributed by atoms with Crippen LogP contribution >= 0.6 is 11.8 Å². The summed E-state index contributed by atoms with van der Waals surface area (Å²) in [4.78, 5) is 28.2. The number of anilines is 1. The van der Waals surface area contributed by atoms with Gasteiger partial charge in [-0.1, -0.05) is 30.3 Å². The second kappa shape index (κ2) is 9.43. The van der Waals surface area contributed by atoms with E-state index in [-0.39, 0.29) is 17.9 Å². The lowest BCUT2D eigenvalue weighted by atomic mass is 10.0. The van der Waals surface area contributed by atoms with Crippen molar-refractivity contribution in [2.45, 2.75) is 17.4 Å². The van der Waals surface area contributed by atoms with Crippen LogP contribution in [0, 0.1) is 0 Å². The molecule has 2 amide bonds. The first-order valence-corrected chi connectivity index (χ1v) is 10.9. The number of rotatable bonds is 5. The fourth-order valence-electron chi connectivity index (χ4n) is 3.56. The molecule has 0 bridgehead atoms. The number of nitrogens with zero attached hydrogens (tertiary/aromatic N) is 1. The molecule has 4 rings (SSSR count). The van der Waals surface area contributed by atoms with Crippen molar-refractivity contribution in [3.63, 3.8) is 0 Å². The van der Waals surface area contributed by atoms with E-state index < -0.39 is 0 Å². The molecule has 0 spiro atoms. The van der Waals surface area contributed by atoms with E-state index >= 15 is 0 Å². The minimum Gasteiger partial charge on any atom is -0.379 e. The number of ether oxygens (including phenoxy) is 1. The van der Waals surface area contributed by atoms with E-state index in [4.69, 9.17) is 4.74 Å². The molecule has 1 saturated heterocycles. The van der Waals surface area contributed by atoms with E-state index in [1.807, 2.05) is 42.5 Å². The molecular formula is C22H25N3O3S.